The molecule has 90 valence electrons. The molecule has 16 heavy (non-hydrogen) atoms. The molecule has 0 saturated carbocycles. The summed E-state index contributed by atoms with van der Waals surface area (Å²) in [7, 11) is 1.56. The van der Waals surface area contributed by atoms with Crippen LogP contribution in [0.3, 0.4) is 0 Å². The standard InChI is InChI=1S/C10H12ClF3N2/c1-16(5-4-10(12,13)14)9-3-2-7(15)6-8(9)11/h2-3,6H,4-5,15H2,1H3. The first-order valence-electron chi connectivity index (χ1n) is 4.62. The van der Waals surface area contributed by atoms with E-state index in [4.69, 9.17) is 17.3 Å². The number of benzene rings is 1. The van der Waals surface area contributed by atoms with E-state index in [1.54, 1.807) is 19.2 Å². The summed E-state index contributed by atoms with van der Waals surface area (Å²) in [5.41, 5.74) is 6.51. The Morgan fingerprint density at radius 1 is 1.38 bits per heavy atom. The molecular weight excluding hydrogens is 241 g/mol. The van der Waals surface area contributed by atoms with Crippen LogP contribution in [0.5, 0.6) is 0 Å². The van der Waals surface area contributed by atoms with Crippen LogP contribution in [-0.4, -0.2) is 19.8 Å². The first-order chi connectivity index (χ1) is 7.29. The summed E-state index contributed by atoms with van der Waals surface area (Å²) in [6.07, 6.45) is -5.03. The molecule has 0 bridgehead atoms. The van der Waals surface area contributed by atoms with Gasteiger partial charge in [0, 0.05) is 19.3 Å². The van der Waals surface area contributed by atoms with Crippen molar-refractivity contribution in [1.29, 1.82) is 0 Å². The third kappa shape index (κ3) is 3.81. The maximum atomic E-state index is 12.0. The van der Waals surface area contributed by atoms with E-state index in [9.17, 15) is 13.2 Å². The number of hydrogen-bond donors (Lipinski definition) is 1. The Kier molecular flexibility index (Phi) is 3.91. The zero-order chi connectivity index (χ0) is 12.3. The summed E-state index contributed by atoms with van der Waals surface area (Å²) < 4.78 is 36.1. The Morgan fingerprint density at radius 2 is 2.00 bits per heavy atom. The van der Waals surface area contributed by atoms with Gasteiger partial charge in [-0.15, -0.1) is 0 Å². The topological polar surface area (TPSA) is 29.3 Å². The Labute approximate surface area is 96.8 Å². The summed E-state index contributed by atoms with van der Waals surface area (Å²) >= 11 is 5.87. The van der Waals surface area contributed by atoms with Crippen LogP contribution in [0.15, 0.2) is 18.2 Å². The minimum atomic E-state index is -4.16. The van der Waals surface area contributed by atoms with Gasteiger partial charge in [-0.1, -0.05) is 11.6 Å². The lowest BCUT2D eigenvalue weighted by Crippen LogP contribution is -2.24. The molecule has 1 rings (SSSR count). The summed E-state index contributed by atoms with van der Waals surface area (Å²) in [6, 6.07) is 4.72. The van der Waals surface area contributed by atoms with Gasteiger partial charge in [-0.2, -0.15) is 13.2 Å². The van der Waals surface area contributed by atoms with Gasteiger partial charge in [0.25, 0.3) is 0 Å². The normalized spacial score (nSPS) is 11.6. The zero-order valence-electron chi connectivity index (χ0n) is 8.68. The van der Waals surface area contributed by atoms with Gasteiger partial charge in [-0.05, 0) is 18.2 Å². The van der Waals surface area contributed by atoms with Gasteiger partial charge >= 0.3 is 6.18 Å². The molecule has 0 radical (unpaired) electrons. The molecule has 6 heteroatoms. The molecule has 2 nitrogen and oxygen atoms in total. The first-order valence-corrected chi connectivity index (χ1v) is 5.00. The van der Waals surface area contributed by atoms with Crippen LogP contribution < -0.4 is 10.6 Å². The second-order valence-corrected chi connectivity index (χ2v) is 3.90. The van der Waals surface area contributed by atoms with E-state index in [0.29, 0.717) is 16.4 Å². The van der Waals surface area contributed by atoms with Crippen LogP contribution in [-0.2, 0) is 0 Å². The number of nitrogens with zero attached hydrogens (tertiary/aromatic N) is 1. The smallest absolute Gasteiger partial charge is 0.390 e. The predicted octanol–water partition coefficient (Wildman–Crippen LogP) is 3.31. The number of nitrogen functional groups attached to an aromatic ring is 1. The van der Waals surface area contributed by atoms with Crippen LogP contribution in [0.4, 0.5) is 24.5 Å². The first kappa shape index (κ1) is 13.0. The third-order valence-corrected chi connectivity index (χ3v) is 2.42. The summed E-state index contributed by atoms with van der Waals surface area (Å²) in [6.45, 7) is -0.132. The van der Waals surface area contributed by atoms with Crippen LogP contribution >= 0.6 is 11.6 Å². The van der Waals surface area contributed by atoms with Gasteiger partial charge in [0.05, 0.1) is 17.1 Å². The number of halogens is 4. The largest absolute Gasteiger partial charge is 0.399 e. The molecule has 0 unspecified atom stereocenters. The molecule has 0 aliphatic heterocycles. The highest BCUT2D eigenvalue weighted by molar-refractivity contribution is 6.33. The number of rotatable bonds is 3. The summed E-state index contributed by atoms with van der Waals surface area (Å²) in [5, 5.41) is 0.352. The minimum Gasteiger partial charge on any atom is -0.399 e. The van der Waals surface area contributed by atoms with E-state index < -0.39 is 12.6 Å². The van der Waals surface area contributed by atoms with Crippen LogP contribution in [0, 0.1) is 0 Å². The number of hydrogen-bond acceptors (Lipinski definition) is 2. The molecule has 0 fully saturated rings. The lowest BCUT2D eigenvalue weighted by Gasteiger charge is -2.21. The van der Waals surface area contributed by atoms with Gasteiger partial charge in [0.2, 0.25) is 0 Å². The van der Waals surface area contributed by atoms with E-state index in [2.05, 4.69) is 0 Å². The third-order valence-electron chi connectivity index (χ3n) is 2.11. The molecule has 0 aliphatic carbocycles. The predicted molar refractivity (Wildman–Crippen MR) is 59.8 cm³/mol. The van der Waals surface area contributed by atoms with E-state index in [1.807, 2.05) is 0 Å². The van der Waals surface area contributed by atoms with E-state index in [0.717, 1.165) is 0 Å². The van der Waals surface area contributed by atoms with Crippen molar-refractivity contribution in [2.45, 2.75) is 12.6 Å². The molecule has 0 saturated heterocycles. The Hall–Kier alpha value is -1.10. The number of alkyl halides is 3. The highest BCUT2D eigenvalue weighted by Crippen LogP contribution is 2.28. The van der Waals surface area contributed by atoms with Crippen molar-refractivity contribution in [3.8, 4) is 0 Å². The maximum Gasteiger partial charge on any atom is 0.390 e. The highest BCUT2D eigenvalue weighted by Gasteiger charge is 2.27. The quantitative estimate of drug-likeness (QED) is 0.837. The average Bonchev–Trinajstić information content (AvgIpc) is 2.13. The molecule has 2 N–H and O–H groups in total. The van der Waals surface area contributed by atoms with Gasteiger partial charge < -0.3 is 10.6 Å². The monoisotopic (exact) mass is 252 g/mol. The van der Waals surface area contributed by atoms with E-state index >= 15 is 0 Å². The Bertz CT molecular complexity index is 366. The number of anilines is 2. The summed E-state index contributed by atoms with van der Waals surface area (Å²) in [4.78, 5) is 1.45. The SMILES string of the molecule is CN(CCC(F)(F)F)c1ccc(N)cc1Cl. The van der Waals surface area contributed by atoms with Crippen molar-refractivity contribution >= 4 is 23.0 Å². The second-order valence-electron chi connectivity index (χ2n) is 3.50. The van der Waals surface area contributed by atoms with Crippen LogP contribution in [0.1, 0.15) is 6.42 Å². The van der Waals surface area contributed by atoms with Gasteiger partial charge in [0.1, 0.15) is 0 Å². The minimum absolute atomic E-state index is 0.132. The fourth-order valence-corrected chi connectivity index (χ4v) is 1.58. The van der Waals surface area contributed by atoms with Gasteiger partial charge in [0.15, 0.2) is 0 Å². The van der Waals surface area contributed by atoms with Crippen LogP contribution in [0.2, 0.25) is 5.02 Å². The average molecular weight is 253 g/mol. The molecule has 0 aromatic heterocycles. The van der Waals surface area contributed by atoms with Gasteiger partial charge in [-0.3, -0.25) is 0 Å². The second kappa shape index (κ2) is 4.82. The van der Waals surface area contributed by atoms with Gasteiger partial charge in [-0.25, -0.2) is 0 Å². The van der Waals surface area contributed by atoms with Crippen molar-refractivity contribution in [3.63, 3.8) is 0 Å². The maximum absolute atomic E-state index is 12.0. The Balaban J connectivity index is 2.70. The van der Waals surface area contributed by atoms with Crippen molar-refractivity contribution in [3.05, 3.63) is 23.2 Å². The summed E-state index contributed by atoms with van der Waals surface area (Å²) in [5.74, 6) is 0. The highest BCUT2D eigenvalue weighted by atomic mass is 35.5. The number of nitrogens with two attached hydrogens (primary N) is 1. The van der Waals surface area contributed by atoms with Crippen molar-refractivity contribution in [2.75, 3.05) is 24.2 Å². The molecule has 0 aliphatic rings. The lowest BCUT2D eigenvalue weighted by molar-refractivity contribution is -0.132. The molecule has 0 heterocycles. The van der Waals surface area contributed by atoms with Crippen molar-refractivity contribution < 1.29 is 13.2 Å². The Morgan fingerprint density at radius 3 is 2.50 bits per heavy atom. The van der Waals surface area contributed by atoms with E-state index in [1.165, 1.54) is 11.0 Å². The molecular formula is C10H12ClF3N2. The fraction of sp³-hybridized carbons (Fsp3) is 0.400. The molecule has 0 atom stereocenters. The van der Waals surface area contributed by atoms with Crippen molar-refractivity contribution in [2.24, 2.45) is 0 Å². The molecule has 1 aromatic carbocycles. The fourth-order valence-electron chi connectivity index (χ4n) is 1.25. The lowest BCUT2D eigenvalue weighted by atomic mass is 10.2. The zero-order valence-corrected chi connectivity index (χ0v) is 9.44. The molecule has 0 amide bonds. The van der Waals surface area contributed by atoms with E-state index in [-0.39, 0.29) is 6.54 Å². The molecule has 1 aromatic rings. The van der Waals surface area contributed by atoms with Crippen molar-refractivity contribution in [1.82, 2.24) is 0 Å². The molecule has 0 spiro atoms. The van der Waals surface area contributed by atoms with Crippen LogP contribution in [0.25, 0.3) is 0 Å².